The second kappa shape index (κ2) is 12.4. The molecule has 0 bridgehead atoms. The molecule has 0 unspecified atom stereocenters. The highest BCUT2D eigenvalue weighted by Gasteiger charge is 2.26. The quantitative estimate of drug-likeness (QED) is 0.299. The number of nitrogens with one attached hydrogen (secondary N) is 2. The summed E-state index contributed by atoms with van der Waals surface area (Å²) in [4.78, 5) is 25.4. The minimum absolute atomic E-state index is 0.00654. The van der Waals surface area contributed by atoms with Crippen LogP contribution in [0.4, 0.5) is 10.5 Å². The van der Waals surface area contributed by atoms with Gasteiger partial charge in [-0.3, -0.25) is 4.79 Å². The zero-order valence-corrected chi connectivity index (χ0v) is 22.9. The van der Waals surface area contributed by atoms with E-state index in [2.05, 4.69) is 16.7 Å². The van der Waals surface area contributed by atoms with Crippen LogP contribution < -0.4 is 25.8 Å². The molecule has 0 aromatic heterocycles. The third-order valence-electron chi connectivity index (χ3n) is 6.26. The fraction of sp³-hybridized carbons (Fsp3) is 0.323. The zero-order chi connectivity index (χ0) is 28.7. The number of alkyl carbamates (subject to hydrolysis) is 1. The number of amides is 2. The molecular weight excluding hydrogens is 508 g/mol. The monoisotopic (exact) mass is 542 g/mol. The van der Waals surface area contributed by atoms with Crippen LogP contribution in [0.5, 0.6) is 23.0 Å². The predicted octanol–water partition coefficient (Wildman–Crippen LogP) is 6.29. The van der Waals surface area contributed by atoms with Crippen molar-refractivity contribution in [3.8, 4) is 29.1 Å². The van der Waals surface area contributed by atoms with E-state index in [0.29, 0.717) is 39.8 Å². The van der Waals surface area contributed by atoms with Crippen molar-refractivity contribution in [2.45, 2.75) is 64.1 Å². The summed E-state index contributed by atoms with van der Waals surface area (Å²) in [5.41, 5.74) is 6.74. The number of carbonyl (C=O) groups excluding carboxylic acids is 2. The van der Waals surface area contributed by atoms with Crippen LogP contribution in [0.25, 0.3) is 0 Å². The SMILES string of the molecule is CC(C)(C)OC(=O)NC1CCC(NC(=O)c2cc(Oc3ccc(N)cc3)cc(Oc3ccc(C#N)cc3)c2)CC1. The van der Waals surface area contributed by atoms with E-state index in [-0.39, 0.29) is 18.0 Å². The number of nitrogen functional groups attached to an aromatic ring is 1. The minimum Gasteiger partial charge on any atom is -0.457 e. The van der Waals surface area contributed by atoms with Crippen LogP contribution in [0.1, 0.15) is 62.4 Å². The molecule has 0 spiro atoms. The van der Waals surface area contributed by atoms with Gasteiger partial charge in [-0.15, -0.1) is 0 Å². The summed E-state index contributed by atoms with van der Waals surface area (Å²) in [6.45, 7) is 5.49. The van der Waals surface area contributed by atoms with Gasteiger partial charge in [-0.1, -0.05) is 0 Å². The van der Waals surface area contributed by atoms with E-state index < -0.39 is 11.7 Å². The van der Waals surface area contributed by atoms with Crippen LogP contribution in [-0.4, -0.2) is 29.7 Å². The molecule has 9 heteroatoms. The Morgan fingerprint density at radius 1 is 0.800 bits per heavy atom. The molecule has 4 rings (SSSR count). The Hall–Kier alpha value is -4.71. The van der Waals surface area contributed by atoms with Gasteiger partial charge in [-0.05, 0) is 107 Å². The molecule has 1 aliphatic carbocycles. The number of hydrogen-bond donors (Lipinski definition) is 3. The van der Waals surface area contributed by atoms with Gasteiger partial charge in [-0.25, -0.2) is 4.79 Å². The molecule has 9 nitrogen and oxygen atoms in total. The van der Waals surface area contributed by atoms with Gasteiger partial charge < -0.3 is 30.6 Å². The maximum Gasteiger partial charge on any atom is 0.407 e. The molecule has 3 aromatic rings. The second-order valence-electron chi connectivity index (χ2n) is 10.8. The minimum atomic E-state index is -0.552. The number of nitrogens with zero attached hydrogens (tertiary/aromatic N) is 1. The van der Waals surface area contributed by atoms with E-state index in [1.54, 1.807) is 66.7 Å². The van der Waals surface area contributed by atoms with Crippen LogP contribution in [0, 0.1) is 11.3 Å². The lowest BCUT2D eigenvalue weighted by Gasteiger charge is -2.30. The first kappa shape index (κ1) is 28.3. The average Bonchev–Trinajstić information content (AvgIpc) is 2.90. The van der Waals surface area contributed by atoms with Crippen LogP contribution in [0.3, 0.4) is 0 Å². The van der Waals surface area contributed by atoms with Crippen molar-refractivity contribution in [2.24, 2.45) is 0 Å². The second-order valence-corrected chi connectivity index (χ2v) is 10.8. The predicted molar refractivity (Wildman–Crippen MR) is 151 cm³/mol. The molecule has 40 heavy (non-hydrogen) atoms. The first-order chi connectivity index (χ1) is 19.1. The van der Waals surface area contributed by atoms with E-state index in [4.69, 9.17) is 25.2 Å². The Morgan fingerprint density at radius 3 is 1.80 bits per heavy atom. The summed E-state index contributed by atoms with van der Waals surface area (Å²) in [6, 6.07) is 20.7. The number of benzene rings is 3. The Labute approximate surface area is 234 Å². The normalized spacial score (nSPS) is 16.8. The first-order valence-electron chi connectivity index (χ1n) is 13.2. The lowest BCUT2D eigenvalue weighted by Crippen LogP contribution is -2.45. The van der Waals surface area contributed by atoms with Crippen molar-refractivity contribution in [3.05, 3.63) is 77.9 Å². The number of ether oxygens (including phenoxy) is 3. The maximum atomic E-state index is 13.3. The van der Waals surface area contributed by atoms with Gasteiger partial charge in [0.05, 0.1) is 11.6 Å². The molecule has 208 valence electrons. The Kier molecular flexibility index (Phi) is 8.80. The van der Waals surface area contributed by atoms with Crippen LogP contribution in [-0.2, 0) is 4.74 Å². The summed E-state index contributed by atoms with van der Waals surface area (Å²) < 4.78 is 17.4. The number of nitrogens with two attached hydrogens (primary N) is 1. The van der Waals surface area contributed by atoms with Crippen LogP contribution in [0.15, 0.2) is 66.7 Å². The number of nitriles is 1. The van der Waals surface area contributed by atoms with Crippen molar-refractivity contribution in [2.75, 3.05) is 5.73 Å². The van der Waals surface area contributed by atoms with E-state index in [1.165, 1.54) is 0 Å². The van der Waals surface area contributed by atoms with Gasteiger partial charge in [0.25, 0.3) is 5.91 Å². The summed E-state index contributed by atoms with van der Waals surface area (Å²) in [5.74, 6) is 1.66. The number of carbonyl (C=O) groups is 2. The molecule has 0 saturated heterocycles. The van der Waals surface area contributed by atoms with E-state index in [9.17, 15) is 9.59 Å². The molecule has 3 aromatic carbocycles. The first-order valence-corrected chi connectivity index (χ1v) is 13.2. The lowest BCUT2D eigenvalue weighted by atomic mass is 9.91. The summed E-state index contributed by atoms with van der Waals surface area (Å²) in [5, 5.41) is 15.1. The van der Waals surface area contributed by atoms with Crippen LogP contribution in [0.2, 0.25) is 0 Å². The fourth-order valence-electron chi connectivity index (χ4n) is 4.35. The molecule has 0 heterocycles. The van der Waals surface area contributed by atoms with Crippen LogP contribution >= 0.6 is 0 Å². The number of hydrogen-bond acceptors (Lipinski definition) is 7. The van der Waals surface area contributed by atoms with E-state index in [0.717, 1.165) is 25.7 Å². The van der Waals surface area contributed by atoms with E-state index >= 15 is 0 Å². The summed E-state index contributed by atoms with van der Waals surface area (Å²) in [6.07, 6.45) is 2.49. The molecule has 1 aliphatic rings. The highest BCUT2D eigenvalue weighted by atomic mass is 16.6. The smallest absolute Gasteiger partial charge is 0.407 e. The van der Waals surface area contributed by atoms with E-state index in [1.807, 2.05) is 20.8 Å². The molecule has 0 aliphatic heterocycles. The van der Waals surface area contributed by atoms with Gasteiger partial charge in [0.1, 0.15) is 28.6 Å². The van der Waals surface area contributed by atoms with Crippen molar-refractivity contribution in [3.63, 3.8) is 0 Å². The van der Waals surface area contributed by atoms with Gasteiger partial charge in [0.15, 0.2) is 0 Å². The summed E-state index contributed by atoms with van der Waals surface area (Å²) in [7, 11) is 0. The number of rotatable bonds is 7. The highest BCUT2D eigenvalue weighted by Crippen LogP contribution is 2.31. The molecule has 1 saturated carbocycles. The van der Waals surface area contributed by atoms with Crippen molar-refractivity contribution in [1.29, 1.82) is 5.26 Å². The Morgan fingerprint density at radius 2 is 1.30 bits per heavy atom. The Bertz CT molecular complexity index is 1370. The zero-order valence-electron chi connectivity index (χ0n) is 22.9. The topological polar surface area (TPSA) is 136 Å². The van der Waals surface area contributed by atoms with Crippen molar-refractivity contribution >= 4 is 17.7 Å². The van der Waals surface area contributed by atoms with Gasteiger partial charge in [0.2, 0.25) is 0 Å². The largest absolute Gasteiger partial charge is 0.457 e. The lowest BCUT2D eigenvalue weighted by molar-refractivity contribution is 0.0488. The Balaban J connectivity index is 1.44. The average molecular weight is 543 g/mol. The third kappa shape index (κ3) is 8.40. The molecule has 4 N–H and O–H groups in total. The molecule has 0 atom stereocenters. The molecule has 0 radical (unpaired) electrons. The highest BCUT2D eigenvalue weighted by molar-refractivity contribution is 5.95. The number of anilines is 1. The molecular formula is C31H34N4O5. The van der Waals surface area contributed by atoms with Crippen molar-refractivity contribution in [1.82, 2.24) is 10.6 Å². The summed E-state index contributed by atoms with van der Waals surface area (Å²) >= 11 is 0. The van der Waals surface area contributed by atoms with Gasteiger partial charge in [0, 0.05) is 29.4 Å². The third-order valence-corrected chi connectivity index (χ3v) is 6.26. The van der Waals surface area contributed by atoms with Crippen molar-refractivity contribution < 1.29 is 23.8 Å². The standard InChI is InChI=1S/C31H34N4O5/c1-31(2,3)40-30(37)35-24-10-8-23(9-11-24)34-29(36)21-16-27(38-25-12-4-20(19-32)5-13-25)18-28(17-21)39-26-14-6-22(33)7-15-26/h4-7,12-18,23-24H,8-11,33H2,1-3H3,(H,34,36)(H,35,37). The molecule has 1 fully saturated rings. The molecule has 2 amide bonds. The maximum absolute atomic E-state index is 13.3. The fourth-order valence-corrected chi connectivity index (χ4v) is 4.35. The van der Waals surface area contributed by atoms with Gasteiger partial charge in [-0.2, -0.15) is 5.26 Å². The van der Waals surface area contributed by atoms with Gasteiger partial charge >= 0.3 is 6.09 Å².